The molecule has 0 fully saturated rings. The Labute approximate surface area is 148 Å². The first-order valence-electron chi connectivity index (χ1n) is 8.04. The smallest absolute Gasteiger partial charge is 0.328 e. The molecule has 26 heavy (non-hydrogen) atoms. The van der Waals surface area contributed by atoms with Gasteiger partial charge in [0, 0.05) is 24.2 Å². The first kappa shape index (κ1) is 17.8. The lowest BCUT2D eigenvalue weighted by molar-refractivity contribution is -0.142. The molecule has 1 aliphatic rings. The molecule has 0 spiro atoms. The van der Waals surface area contributed by atoms with E-state index >= 15 is 0 Å². The number of aromatic nitrogens is 2. The Kier molecular flexibility index (Phi) is 4.88. The number of halogens is 2. The van der Waals surface area contributed by atoms with E-state index in [1.54, 1.807) is 0 Å². The lowest BCUT2D eigenvalue weighted by Crippen LogP contribution is -2.50. The Bertz CT molecular complexity index is 839. The molecule has 7 nitrogen and oxygen atoms in total. The number of hydrogen-bond donors (Lipinski definition) is 2. The molecule has 9 heteroatoms. The molecule has 2 aromatic rings. The molecule has 0 saturated carbocycles. The number of imidazole rings is 1. The second-order valence-corrected chi connectivity index (χ2v) is 5.97. The number of carbonyl (C=O) groups excluding carboxylic acids is 2. The van der Waals surface area contributed by atoms with Crippen molar-refractivity contribution < 1.29 is 23.1 Å². The molecule has 1 aromatic carbocycles. The van der Waals surface area contributed by atoms with Gasteiger partial charge in [-0.05, 0) is 25.1 Å². The lowest BCUT2D eigenvalue weighted by atomic mass is 9.95. The van der Waals surface area contributed by atoms with Crippen molar-refractivity contribution in [3.63, 3.8) is 0 Å². The summed E-state index contributed by atoms with van der Waals surface area (Å²) in [6.07, 6.45) is 1.93. The maximum absolute atomic E-state index is 14.4. The van der Waals surface area contributed by atoms with Crippen LogP contribution in [0.15, 0.2) is 24.5 Å². The number of H-pyrrole nitrogens is 1. The zero-order valence-electron chi connectivity index (χ0n) is 14.3. The highest BCUT2D eigenvalue weighted by atomic mass is 19.1. The molecule has 2 amide bonds. The third-order valence-corrected chi connectivity index (χ3v) is 4.33. The van der Waals surface area contributed by atoms with Crippen LogP contribution in [-0.2, 0) is 16.0 Å². The molecule has 0 unspecified atom stereocenters. The molecule has 1 aliphatic heterocycles. The van der Waals surface area contributed by atoms with Crippen LogP contribution in [0.5, 0.6) is 0 Å². The number of fused-ring (bicyclic) bond motifs is 1. The highest BCUT2D eigenvalue weighted by Crippen LogP contribution is 2.35. The zero-order valence-corrected chi connectivity index (χ0v) is 14.3. The van der Waals surface area contributed by atoms with Crippen molar-refractivity contribution in [2.45, 2.75) is 25.4 Å². The van der Waals surface area contributed by atoms with Crippen molar-refractivity contribution in [1.29, 1.82) is 0 Å². The van der Waals surface area contributed by atoms with Gasteiger partial charge in [-0.1, -0.05) is 0 Å². The molecule has 138 valence electrons. The molecule has 3 rings (SSSR count). The Morgan fingerprint density at radius 3 is 2.92 bits per heavy atom. The first-order chi connectivity index (χ1) is 12.4. The minimum absolute atomic E-state index is 0.000999. The fourth-order valence-electron chi connectivity index (χ4n) is 3.04. The normalized spacial score (nSPS) is 17.4. The Balaban J connectivity index is 1.97. The van der Waals surface area contributed by atoms with E-state index in [2.05, 4.69) is 20.0 Å². The number of carbonyl (C=O) groups is 2. The van der Waals surface area contributed by atoms with Gasteiger partial charge in [0.15, 0.2) is 0 Å². The van der Waals surface area contributed by atoms with Crippen LogP contribution in [0.2, 0.25) is 0 Å². The van der Waals surface area contributed by atoms with E-state index in [4.69, 9.17) is 0 Å². The SMILES string of the molecule is COC(=O)[C@H](C)NC(=O)N1CCc2[nH]cnc2[C@@H]1c1cc(F)ccc1F. The average molecular weight is 364 g/mol. The van der Waals surface area contributed by atoms with E-state index in [-0.39, 0.29) is 12.1 Å². The molecule has 2 atom stereocenters. The Morgan fingerprint density at radius 2 is 2.19 bits per heavy atom. The van der Waals surface area contributed by atoms with Gasteiger partial charge in [0.1, 0.15) is 23.7 Å². The standard InChI is InChI=1S/C17H18F2N4O3/c1-9(16(24)26-2)22-17(25)23-6-5-13-14(21-8-20-13)15(23)11-7-10(18)3-4-12(11)19/h3-4,7-9,15H,5-6H2,1-2H3,(H,20,21)(H,22,25)/t9-,15-/m0/s1. The summed E-state index contributed by atoms with van der Waals surface area (Å²) in [4.78, 5) is 32.7. The highest BCUT2D eigenvalue weighted by Gasteiger charge is 2.36. The molecule has 2 N–H and O–H groups in total. The molecule has 0 saturated heterocycles. The summed E-state index contributed by atoms with van der Waals surface area (Å²) in [5.41, 5.74) is 1.20. The topological polar surface area (TPSA) is 87.3 Å². The van der Waals surface area contributed by atoms with Crippen molar-refractivity contribution in [3.05, 3.63) is 53.1 Å². The van der Waals surface area contributed by atoms with Crippen LogP contribution >= 0.6 is 0 Å². The number of nitrogens with one attached hydrogen (secondary N) is 2. The van der Waals surface area contributed by atoms with Gasteiger partial charge in [-0.15, -0.1) is 0 Å². The number of benzene rings is 1. The maximum Gasteiger partial charge on any atom is 0.328 e. The largest absolute Gasteiger partial charge is 0.467 e. The fourth-order valence-corrected chi connectivity index (χ4v) is 3.04. The van der Waals surface area contributed by atoms with Crippen molar-refractivity contribution in [1.82, 2.24) is 20.2 Å². The van der Waals surface area contributed by atoms with Crippen molar-refractivity contribution in [2.24, 2.45) is 0 Å². The summed E-state index contributed by atoms with van der Waals surface area (Å²) in [7, 11) is 1.22. The monoisotopic (exact) mass is 364 g/mol. The number of esters is 1. The fraction of sp³-hybridized carbons (Fsp3) is 0.353. The second kappa shape index (κ2) is 7.11. The molecule has 0 bridgehead atoms. The zero-order chi connectivity index (χ0) is 18.8. The van der Waals surface area contributed by atoms with E-state index < -0.39 is 35.7 Å². The molecule has 1 aromatic heterocycles. The second-order valence-electron chi connectivity index (χ2n) is 5.97. The molecular weight excluding hydrogens is 346 g/mol. The number of methoxy groups -OCH3 is 1. The highest BCUT2D eigenvalue weighted by molar-refractivity contribution is 5.83. The third kappa shape index (κ3) is 3.24. The van der Waals surface area contributed by atoms with Crippen LogP contribution in [0.4, 0.5) is 13.6 Å². The van der Waals surface area contributed by atoms with Gasteiger partial charge in [-0.25, -0.2) is 23.4 Å². The third-order valence-electron chi connectivity index (χ3n) is 4.33. The number of nitrogens with zero attached hydrogens (tertiary/aromatic N) is 2. The van der Waals surface area contributed by atoms with Gasteiger partial charge >= 0.3 is 12.0 Å². The number of urea groups is 1. The summed E-state index contributed by atoms with van der Waals surface area (Å²) >= 11 is 0. The van der Waals surface area contributed by atoms with Gasteiger partial charge in [-0.2, -0.15) is 0 Å². The van der Waals surface area contributed by atoms with Crippen molar-refractivity contribution in [3.8, 4) is 0 Å². The van der Waals surface area contributed by atoms with Gasteiger partial charge in [0.05, 0.1) is 19.1 Å². The van der Waals surface area contributed by atoms with E-state index in [1.165, 1.54) is 25.3 Å². The first-order valence-corrected chi connectivity index (χ1v) is 8.04. The van der Waals surface area contributed by atoms with Crippen LogP contribution in [0.1, 0.15) is 29.9 Å². The maximum atomic E-state index is 14.4. The van der Waals surface area contributed by atoms with E-state index in [9.17, 15) is 18.4 Å². The van der Waals surface area contributed by atoms with E-state index in [0.29, 0.717) is 12.1 Å². The molecule has 2 heterocycles. The van der Waals surface area contributed by atoms with Crippen LogP contribution < -0.4 is 5.32 Å². The van der Waals surface area contributed by atoms with Gasteiger partial charge in [0.2, 0.25) is 0 Å². The summed E-state index contributed by atoms with van der Waals surface area (Å²) in [5.74, 6) is -1.87. The van der Waals surface area contributed by atoms with E-state index in [0.717, 1.165) is 23.9 Å². The van der Waals surface area contributed by atoms with Crippen molar-refractivity contribution in [2.75, 3.05) is 13.7 Å². The van der Waals surface area contributed by atoms with Gasteiger partial charge in [0.25, 0.3) is 0 Å². The summed E-state index contributed by atoms with van der Waals surface area (Å²) < 4.78 is 32.7. The lowest BCUT2D eigenvalue weighted by Gasteiger charge is -2.35. The van der Waals surface area contributed by atoms with Crippen LogP contribution in [0.25, 0.3) is 0 Å². The van der Waals surface area contributed by atoms with Gasteiger partial charge in [-0.3, -0.25) is 0 Å². The average Bonchev–Trinajstić information content (AvgIpc) is 3.10. The number of hydrogen-bond acceptors (Lipinski definition) is 4. The molecular formula is C17H18F2N4O3. The molecule has 0 aliphatic carbocycles. The Morgan fingerprint density at radius 1 is 1.42 bits per heavy atom. The number of amides is 2. The van der Waals surface area contributed by atoms with Gasteiger partial charge < -0.3 is 19.9 Å². The number of aromatic amines is 1. The van der Waals surface area contributed by atoms with E-state index in [1.807, 2.05) is 0 Å². The summed E-state index contributed by atoms with van der Waals surface area (Å²) in [6.45, 7) is 1.72. The predicted octanol–water partition coefficient (Wildman–Crippen LogP) is 1.91. The number of ether oxygens (including phenoxy) is 1. The van der Waals surface area contributed by atoms with Crippen molar-refractivity contribution >= 4 is 12.0 Å². The summed E-state index contributed by atoms with van der Waals surface area (Å²) in [5, 5.41) is 2.52. The minimum Gasteiger partial charge on any atom is -0.467 e. The minimum atomic E-state index is -0.912. The van der Waals surface area contributed by atoms with Crippen LogP contribution in [-0.4, -0.2) is 46.6 Å². The number of rotatable bonds is 3. The van der Waals surface area contributed by atoms with Crippen LogP contribution in [0, 0.1) is 11.6 Å². The molecule has 0 radical (unpaired) electrons. The van der Waals surface area contributed by atoms with Crippen LogP contribution in [0.3, 0.4) is 0 Å². The predicted molar refractivity (Wildman–Crippen MR) is 87.2 cm³/mol. The quantitative estimate of drug-likeness (QED) is 0.815. The summed E-state index contributed by atoms with van der Waals surface area (Å²) in [6, 6.07) is 0.686. The Hall–Kier alpha value is -2.97.